The zero-order valence-corrected chi connectivity index (χ0v) is 11.5. The second-order valence-corrected chi connectivity index (χ2v) is 4.98. The van der Waals surface area contributed by atoms with E-state index in [-0.39, 0.29) is 0 Å². The number of rotatable bonds is 5. The first-order valence-electron chi connectivity index (χ1n) is 6.80. The predicted molar refractivity (Wildman–Crippen MR) is 76.7 cm³/mol. The van der Waals surface area contributed by atoms with Crippen LogP contribution in [0.3, 0.4) is 0 Å². The molecule has 6 heteroatoms. The lowest BCUT2D eigenvalue weighted by Crippen LogP contribution is -2.35. The van der Waals surface area contributed by atoms with Gasteiger partial charge in [-0.1, -0.05) is 0 Å². The lowest BCUT2D eigenvalue weighted by Gasteiger charge is -2.25. The number of methoxy groups -OCH3 is 1. The Labute approximate surface area is 118 Å². The average Bonchev–Trinajstić information content (AvgIpc) is 2.95. The van der Waals surface area contributed by atoms with E-state index in [1.54, 1.807) is 13.3 Å². The van der Waals surface area contributed by atoms with E-state index in [9.17, 15) is 0 Å². The molecule has 6 nitrogen and oxygen atoms in total. The number of hydrogen-bond acceptors (Lipinski definition) is 5. The maximum Gasteiger partial charge on any atom is 0.213 e. The molecule has 106 valence electrons. The SMILES string of the molecule is COc1cc(CNC[C@@H]2CNc3ccnn3C2)ccn1. The van der Waals surface area contributed by atoms with E-state index in [1.165, 1.54) is 5.56 Å². The van der Waals surface area contributed by atoms with Crippen LogP contribution in [-0.4, -0.2) is 35.0 Å². The fourth-order valence-electron chi connectivity index (χ4n) is 2.42. The summed E-state index contributed by atoms with van der Waals surface area (Å²) >= 11 is 0. The Morgan fingerprint density at radius 1 is 1.45 bits per heavy atom. The topological polar surface area (TPSA) is 64.0 Å². The van der Waals surface area contributed by atoms with E-state index < -0.39 is 0 Å². The van der Waals surface area contributed by atoms with Crippen molar-refractivity contribution in [1.29, 1.82) is 0 Å². The molecule has 0 aliphatic carbocycles. The van der Waals surface area contributed by atoms with Gasteiger partial charge in [0.15, 0.2) is 0 Å². The van der Waals surface area contributed by atoms with Crippen molar-refractivity contribution in [2.24, 2.45) is 5.92 Å². The van der Waals surface area contributed by atoms with Gasteiger partial charge in [0.25, 0.3) is 0 Å². The van der Waals surface area contributed by atoms with E-state index in [0.29, 0.717) is 11.8 Å². The van der Waals surface area contributed by atoms with Crippen LogP contribution in [-0.2, 0) is 13.1 Å². The van der Waals surface area contributed by atoms with Crippen LogP contribution in [0.25, 0.3) is 0 Å². The maximum atomic E-state index is 5.12. The Bertz CT molecular complexity index is 568. The first-order chi connectivity index (χ1) is 9.85. The van der Waals surface area contributed by atoms with Crippen LogP contribution >= 0.6 is 0 Å². The van der Waals surface area contributed by atoms with Gasteiger partial charge in [0, 0.05) is 50.4 Å². The maximum absolute atomic E-state index is 5.12. The van der Waals surface area contributed by atoms with Gasteiger partial charge in [0.05, 0.1) is 13.3 Å². The van der Waals surface area contributed by atoms with Crippen molar-refractivity contribution in [3.05, 3.63) is 36.2 Å². The Kier molecular flexibility index (Phi) is 3.83. The van der Waals surface area contributed by atoms with E-state index in [1.807, 2.05) is 29.1 Å². The van der Waals surface area contributed by atoms with E-state index >= 15 is 0 Å². The summed E-state index contributed by atoms with van der Waals surface area (Å²) in [5.41, 5.74) is 1.18. The summed E-state index contributed by atoms with van der Waals surface area (Å²) in [6.45, 7) is 3.72. The van der Waals surface area contributed by atoms with Gasteiger partial charge in [-0.25, -0.2) is 9.67 Å². The molecule has 1 aliphatic heterocycles. The molecule has 0 saturated heterocycles. The highest BCUT2D eigenvalue weighted by molar-refractivity contribution is 5.35. The molecule has 0 radical (unpaired) electrons. The number of pyridine rings is 1. The zero-order valence-electron chi connectivity index (χ0n) is 11.5. The molecule has 0 spiro atoms. The highest BCUT2D eigenvalue weighted by atomic mass is 16.5. The Balaban J connectivity index is 1.48. The minimum Gasteiger partial charge on any atom is -0.481 e. The van der Waals surface area contributed by atoms with Crippen molar-refractivity contribution in [3.63, 3.8) is 0 Å². The molecule has 0 aromatic carbocycles. The number of nitrogens with zero attached hydrogens (tertiary/aromatic N) is 3. The third kappa shape index (κ3) is 2.91. The van der Waals surface area contributed by atoms with E-state index in [0.717, 1.165) is 32.0 Å². The second kappa shape index (κ2) is 5.92. The molecule has 20 heavy (non-hydrogen) atoms. The van der Waals surface area contributed by atoms with Crippen LogP contribution in [0.5, 0.6) is 5.88 Å². The third-order valence-electron chi connectivity index (χ3n) is 3.49. The molecule has 3 rings (SSSR count). The standard InChI is InChI=1S/C14H19N5O/c1-20-14-6-11(2-4-16-14)7-15-8-12-9-17-13-3-5-18-19(13)10-12/h2-6,12,15,17H,7-10H2,1H3/t12-/m1/s1. The summed E-state index contributed by atoms with van der Waals surface area (Å²) in [7, 11) is 1.63. The first-order valence-corrected chi connectivity index (χ1v) is 6.80. The molecule has 2 N–H and O–H groups in total. The summed E-state index contributed by atoms with van der Waals surface area (Å²) in [5, 5.41) is 11.2. The molecule has 1 atom stereocenters. The summed E-state index contributed by atoms with van der Waals surface area (Å²) in [6.07, 6.45) is 3.61. The van der Waals surface area contributed by atoms with Crippen LogP contribution < -0.4 is 15.4 Å². The number of ether oxygens (including phenoxy) is 1. The van der Waals surface area contributed by atoms with E-state index in [4.69, 9.17) is 4.74 Å². The van der Waals surface area contributed by atoms with Gasteiger partial charge < -0.3 is 15.4 Å². The van der Waals surface area contributed by atoms with Crippen molar-refractivity contribution >= 4 is 5.82 Å². The van der Waals surface area contributed by atoms with Crippen molar-refractivity contribution in [1.82, 2.24) is 20.1 Å². The average molecular weight is 273 g/mol. The Morgan fingerprint density at radius 3 is 3.30 bits per heavy atom. The Hall–Kier alpha value is -2.08. The quantitative estimate of drug-likeness (QED) is 0.854. The minimum absolute atomic E-state index is 0.547. The minimum atomic E-state index is 0.547. The van der Waals surface area contributed by atoms with Crippen LogP contribution in [0.4, 0.5) is 5.82 Å². The van der Waals surface area contributed by atoms with Gasteiger partial charge in [-0.05, 0) is 11.6 Å². The molecular weight excluding hydrogens is 254 g/mol. The molecule has 1 aliphatic rings. The summed E-state index contributed by atoms with van der Waals surface area (Å²) in [6, 6.07) is 5.96. The third-order valence-corrected chi connectivity index (χ3v) is 3.49. The largest absolute Gasteiger partial charge is 0.481 e. The fourth-order valence-corrected chi connectivity index (χ4v) is 2.42. The molecule has 2 aromatic heterocycles. The molecule has 0 saturated carbocycles. The van der Waals surface area contributed by atoms with Crippen LogP contribution in [0.1, 0.15) is 5.56 Å². The fraction of sp³-hybridized carbons (Fsp3) is 0.429. The van der Waals surface area contributed by atoms with Crippen LogP contribution in [0, 0.1) is 5.92 Å². The monoisotopic (exact) mass is 273 g/mol. The van der Waals surface area contributed by atoms with E-state index in [2.05, 4.69) is 20.7 Å². The van der Waals surface area contributed by atoms with Crippen LogP contribution in [0.2, 0.25) is 0 Å². The molecule has 0 amide bonds. The Morgan fingerprint density at radius 2 is 2.40 bits per heavy atom. The molecule has 2 aromatic rings. The van der Waals surface area contributed by atoms with Gasteiger partial charge in [-0.3, -0.25) is 0 Å². The summed E-state index contributed by atoms with van der Waals surface area (Å²) in [4.78, 5) is 4.10. The van der Waals surface area contributed by atoms with Crippen molar-refractivity contribution in [2.45, 2.75) is 13.1 Å². The van der Waals surface area contributed by atoms with Crippen LogP contribution in [0.15, 0.2) is 30.6 Å². The second-order valence-electron chi connectivity index (χ2n) is 4.98. The molecule has 0 fully saturated rings. The van der Waals surface area contributed by atoms with Gasteiger partial charge in [-0.15, -0.1) is 0 Å². The molecule has 0 bridgehead atoms. The lowest BCUT2D eigenvalue weighted by atomic mass is 10.1. The summed E-state index contributed by atoms with van der Waals surface area (Å²) < 4.78 is 7.14. The smallest absolute Gasteiger partial charge is 0.213 e. The van der Waals surface area contributed by atoms with Gasteiger partial charge in [0.1, 0.15) is 5.82 Å². The molecule has 0 unspecified atom stereocenters. The highest BCUT2D eigenvalue weighted by Crippen LogP contribution is 2.15. The number of hydrogen-bond donors (Lipinski definition) is 2. The highest BCUT2D eigenvalue weighted by Gasteiger charge is 2.17. The van der Waals surface area contributed by atoms with Crippen molar-refractivity contribution < 1.29 is 4.74 Å². The number of fused-ring (bicyclic) bond motifs is 1. The van der Waals surface area contributed by atoms with Crippen molar-refractivity contribution in [2.75, 3.05) is 25.5 Å². The number of aromatic nitrogens is 3. The van der Waals surface area contributed by atoms with Crippen molar-refractivity contribution in [3.8, 4) is 5.88 Å². The number of anilines is 1. The normalized spacial score (nSPS) is 17.4. The summed E-state index contributed by atoms with van der Waals surface area (Å²) in [5.74, 6) is 2.32. The molecular formula is C14H19N5O. The first kappa shape index (κ1) is 12.9. The predicted octanol–water partition coefficient (Wildman–Crippen LogP) is 1.12. The number of nitrogens with one attached hydrogen (secondary N) is 2. The lowest BCUT2D eigenvalue weighted by molar-refractivity contribution is 0.388. The molecule has 3 heterocycles. The zero-order chi connectivity index (χ0) is 13.8. The van der Waals surface area contributed by atoms with Gasteiger partial charge >= 0.3 is 0 Å². The van der Waals surface area contributed by atoms with Gasteiger partial charge in [0.2, 0.25) is 5.88 Å². The van der Waals surface area contributed by atoms with Gasteiger partial charge in [-0.2, -0.15) is 5.10 Å².